The Labute approximate surface area is 293 Å². The Morgan fingerprint density at radius 2 is 0.837 bits per heavy atom. The molecule has 8 nitrogen and oxygen atoms in total. The maximum Gasteiger partial charge on any atom is 0.251 e. The molecule has 0 atom stereocenters. The van der Waals surface area contributed by atoms with Gasteiger partial charge in [-0.05, 0) is 98.3 Å². The molecule has 2 N–H and O–H groups in total. The van der Waals surface area contributed by atoms with Crippen molar-refractivity contribution in [3.63, 3.8) is 0 Å². The molecule has 1 spiro atoms. The molecule has 2 aliphatic carbocycles. The molecular weight excluding hydrogens is 616 g/mol. The zero-order valence-electron chi connectivity index (χ0n) is 30.5. The minimum atomic E-state index is -0.500. The molecule has 0 bridgehead atoms. The number of carbonyl (C=O) groups is 2. The summed E-state index contributed by atoms with van der Waals surface area (Å²) < 4.78 is 24.6. The number of amides is 2. The highest BCUT2D eigenvalue weighted by Crippen LogP contribution is 2.40. The van der Waals surface area contributed by atoms with E-state index in [0.717, 1.165) is 62.5 Å². The van der Waals surface area contributed by atoms with Gasteiger partial charge in [-0.1, -0.05) is 65.8 Å². The maximum absolute atomic E-state index is 12.9. The number of nitrogens with one attached hydrogen (secondary N) is 2. The lowest BCUT2D eigenvalue weighted by Gasteiger charge is -2.43. The molecule has 6 rings (SSSR count). The van der Waals surface area contributed by atoms with Gasteiger partial charge in [-0.25, -0.2) is 0 Å². The molecule has 0 aromatic heterocycles. The van der Waals surface area contributed by atoms with Crippen molar-refractivity contribution in [3.8, 4) is 0 Å². The van der Waals surface area contributed by atoms with E-state index in [0.29, 0.717) is 60.2 Å². The Morgan fingerprint density at radius 1 is 0.531 bits per heavy atom. The standard InChI is InChI=1S/C41H58N2O6/c1-39(2,3)31-15-19-33(20-16-31)42-35(44)27-7-11-29(12-8-27)37-46-23-41(24-47-37)25-48-38(49-26-41)30-13-9-28(10-14-30)36(45)43-34-21-17-32(18-22-34)40(4,5)6/h7-14,31-34,37-38H,15-26H2,1-6H3,(H,42,44)(H,43,45). The number of ether oxygens (including phenoxy) is 4. The lowest BCUT2D eigenvalue weighted by molar-refractivity contribution is -0.307. The van der Waals surface area contributed by atoms with Crippen molar-refractivity contribution >= 4 is 11.8 Å². The van der Waals surface area contributed by atoms with Gasteiger partial charge in [0, 0.05) is 34.3 Å². The Kier molecular flexibility index (Phi) is 10.9. The van der Waals surface area contributed by atoms with E-state index in [9.17, 15) is 9.59 Å². The van der Waals surface area contributed by atoms with Crippen molar-refractivity contribution in [1.82, 2.24) is 10.6 Å². The summed E-state index contributed by atoms with van der Waals surface area (Å²) in [5, 5.41) is 6.48. The average Bonchev–Trinajstić information content (AvgIpc) is 3.09. The minimum absolute atomic E-state index is 0.0204. The first kappa shape index (κ1) is 36.0. The molecule has 49 heavy (non-hydrogen) atoms. The number of hydrogen-bond donors (Lipinski definition) is 2. The van der Waals surface area contributed by atoms with Gasteiger partial charge < -0.3 is 29.6 Å². The van der Waals surface area contributed by atoms with Crippen molar-refractivity contribution in [2.24, 2.45) is 28.1 Å². The molecule has 0 unspecified atom stereocenters. The van der Waals surface area contributed by atoms with E-state index in [1.54, 1.807) is 0 Å². The molecular formula is C41H58N2O6. The van der Waals surface area contributed by atoms with E-state index < -0.39 is 12.6 Å². The van der Waals surface area contributed by atoms with Crippen LogP contribution in [0.3, 0.4) is 0 Å². The molecule has 2 heterocycles. The van der Waals surface area contributed by atoms with Gasteiger partial charge in [0.1, 0.15) is 0 Å². The topological polar surface area (TPSA) is 95.1 Å². The van der Waals surface area contributed by atoms with E-state index in [4.69, 9.17) is 18.9 Å². The van der Waals surface area contributed by atoms with Gasteiger partial charge in [-0.2, -0.15) is 0 Å². The third kappa shape index (κ3) is 8.94. The van der Waals surface area contributed by atoms with Gasteiger partial charge in [0.05, 0.1) is 31.8 Å². The number of carbonyl (C=O) groups excluding carboxylic acids is 2. The highest BCUT2D eigenvalue weighted by Gasteiger charge is 2.43. The molecule has 2 aromatic carbocycles. The number of benzene rings is 2. The second-order valence-electron chi connectivity index (χ2n) is 17.4. The van der Waals surface area contributed by atoms with Crippen LogP contribution in [-0.4, -0.2) is 50.3 Å². The summed E-state index contributed by atoms with van der Waals surface area (Å²) in [6.07, 6.45) is 7.79. The molecule has 268 valence electrons. The second kappa shape index (κ2) is 14.8. The van der Waals surface area contributed by atoms with Crippen LogP contribution in [0.5, 0.6) is 0 Å². The normalized spacial score (nSPS) is 31.2. The molecule has 2 saturated heterocycles. The van der Waals surface area contributed by atoms with Crippen LogP contribution in [0.25, 0.3) is 0 Å². The highest BCUT2D eigenvalue weighted by molar-refractivity contribution is 5.95. The highest BCUT2D eigenvalue weighted by atomic mass is 16.7. The average molecular weight is 675 g/mol. The fourth-order valence-electron chi connectivity index (χ4n) is 8.07. The van der Waals surface area contributed by atoms with Crippen LogP contribution >= 0.6 is 0 Å². The third-order valence-corrected chi connectivity index (χ3v) is 11.6. The van der Waals surface area contributed by atoms with E-state index in [-0.39, 0.29) is 29.3 Å². The summed E-state index contributed by atoms with van der Waals surface area (Å²) in [4.78, 5) is 25.9. The fraction of sp³-hybridized carbons (Fsp3) is 0.659. The molecule has 2 aliphatic heterocycles. The summed E-state index contributed by atoms with van der Waals surface area (Å²) in [6, 6.07) is 15.6. The van der Waals surface area contributed by atoms with Crippen LogP contribution in [-0.2, 0) is 18.9 Å². The van der Waals surface area contributed by atoms with Crippen LogP contribution < -0.4 is 10.6 Å². The summed E-state index contributed by atoms with van der Waals surface area (Å²) in [6.45, 7) is 15.7. The van der Waals surface area contributed by atoms with E-state index in [2.05, 4.69) is 52.2 Å². The number of hydrogen-bond acceptors (Lipinski definition) is 6. The summed E-state index contributed by atoms with van der Waals surface area (Å²) in [7, 11) is 0. The van der Waals surface area contributed by atoms with Crippen LogP contribution in [0.1, 0.15) is 137 Å². The van der Waals surface area contributed by atoms with Crippen molar-refractivity contribution in [2.75, 3.05) is 26.4 Å². The largest absolute Gasteiger partial charge is 0.349 e. The molecule has 2 aromatic rings. The maximum atomic E-state index is 12.9. The lowest BCUT2D eigenvalue weighted by Crippen LogP contribution is -2.49. The smallest absolute Gasteiger partial charge is 0.251 e. The zero-order chi connectivity index (χ0) is 34.8. The number of rotatable bonds is 6. The molecule has 8 heteroatoms. The molecule has 0 radical (unpaired) electrons. The van der Waals surface area contributed by atoms with Gasteiger partial charge >= 0.3 is 0 Å². The van der Waals surface area contributed by atoms with Crippen LogP contribution in [0, 0.1) is 28.1 Å². The molecule has 2 saturated carbocycles. The van der Waals surface area contributed by atoms with E-state index >= 15 is 0 Å². The zero-order valence-corrected chi connectivity index (χ0v) is 30.5. The van der Waals surface area contributed by atoms with Gasteiger partial charge in [-0.15, -0.1) is 0 Å². The van der Waals surface area contributed by atoms with E-state index in [1.807, 2.05) is 48.5 Å². The summed E-state index contributed by atoms with van der Waals surface area (Å²) in [5.74, 6) is 1.39. The fourth-order valence-corrected chi connectivity index (χ4v) is 8.07. The van der Waals surface area contributed by atoms with Crippen molar-refractivity contribution < 1.29 is 28.5 Å². The van der Waals surface area contributed by atoms with Gasteiger partial charge in [0.2, 0.25) is 0 Å². The minimum Gasteiger partial charge on any atom is -0.349 e. The molecule has 2 amide bonds. The molecule has 4 aliphatic rings. The van der Waals surface area contributed by atoms with Crippen LogP contribution in [0.2, 0.25) is 0 Å². The quantitative estimate of drug-likeness (QED) is 0.321. The second-order valence-corrected chi connectivity index (χ2v) is 17.4. The van der Waals surface area contributed by atoms with Crippen molar-refractivity contribution in [1.29, 1.82) is 0 Å². The van der Waals surface area contributed by atoms with Crippen LogP contribution in [0.15, 0.2) is 48.5 Å². The Balaban J connectivity index is 0.922. The van der Waals surface area contributed by atoms with Gasteiger partial charge in [-0.3, -0.25) is 9.59 Å². The third-order valence-electron chi connectivity index (χ3n) is 11.6. The predicted octanol–water partition coefficient (Wildman–Crippen LogP) is 8.13. The van der Waals surface area contributed by atoms with Crippen LogP contribution in [0.4, 0.5) is 0 Å². The summed E-state index contributed by atoms with van der Waals surface area (Å²) >= 11 is 0. The predicted molar refractivity (Wildman–Crippen MR) is 190 cm³/mol. The van der Waals surface area contributed by atoms with Gasteiger partial charge in [0.15, 0.2) is 12.6 Å². The SMILES string of the molecule is CC(C)(C)C1CCC(NC(=O)c2ccc(C3OCC4(CO3)COC(c3ccc(C(=O)NC5CCC(C(C)(C)C)CC5)cc3)OC4)cc2)CC1. The Morgan fingerprint density at radius 3 is 1.12 bits per heavy atom. The Bertz CT molecular complexity index is 1280. The lowest BCUT2D eigenvalue weighted by atomic mass is 9.71. The monoisotopic (exact) mass is 674 g/mol. The Hall–Kier alpha value is -2.78. The van der Waals surface area contributed by atoms with E-state index in [1.165, 1.54) is 0 Å². The molecule has 4 fully saturated rings. The van der Waals surface area contributed by atoms with Crippen molar-refractivity contribution in [2.45, 2.75) is 118 Å². The van der Waals surface area contributed by atoms with Crippen molar-refractivity contribution in [3.05, 3.63) is 70.8 Å². The summed E-state index contributed by atoms with van der Waals surface area (Å²) in [5.41, 5.74) is 3.34. The first-order valence-corrected chi connectivity index (χ1v) is 18.6. The van der Waals surface area contributed by atoms with Gasteiger partial charge in [0.25, 0.3) is 11.8 Å². The first-order valence-electron chi connectivity index (χ1n) is 18.6. The first-order chi connectivity index (χ1) is 23.3.